The summed E-state index contributed by atoms with van der Waals surface area (Å²) in [6.45, 7) is 0. The molecule has 1 aliphatic rings. The van der Waals surface area contributed by atoms with Gasteiger partial charge in [-0.3, -0.25) is 15.0 Å². The lowest BCUT2D eigenvalue weighted by Gasteiger charge is -2.13. The quantitative estimate of drug-likeness (QED) is 0.466. The molecule has 0 spiro atoms. The molecule has 27 heavy (non-hydrogen) atoms. The summed E-state index contributed by atoms with van der Waals surface area (Å²) in [5, 5.41) is 1.78. The third-order valence-electron chi connectivity index (χ3n) is 4.02. The van der Waals surface area contributed by atoms with E-state index in [0.717, 1.165) is 10.0 Å². The molecule has 1 fully saturated rings. The summed E-state index contributed by atoms with van der Waals surface area (Å²) in [6, 6.07) is 17.8. The largest absolute Gasteiger partial charge is 0.457 e. The van der Waals surface area contributed by atoms with Gasteiger partial charge in [-0.2, -0.15) is 0 Å². The van der Waals surface area contributed by atoms with Crippen molar-refractivity contribution in [1.29, 1.82) is 0 Å². The third kappa shape index (κ3) is 3.41. The maximum atomic E-state index is 12.6. The minimum atomic E-state index is -0.478. The summed E-state index contributed by atoms with van der Waals surface area (Å²) in [7, 11) is 0. The number of anilines is 1. The maximum Gasteiger partial charge on any atom is 0.282 e. The van der Waals surface area contributed by atoms with Gasteiger partial charge < -0.3 is 4.42 Å². The third-order valence-corrected chi connectivity index (χ3v) is 5.26. The number of nitrogens with zero attached hydrogens (tertiary/aromatic N) is 1. The molecule has 1 N–H and O–H groups in total. The smallest absolute Gasteiger partial charge is 0.282 e. The van der Waals surface area contributed by atoms with Crippen LogP contribution >= 0.6 is 27.5 Å². The minimum absolute atomic E-state index is 0.00796. The van der Waals surface area contributed by atoms with Crippen LogP contribution in [0.2, 0.25) is 5.02 Å². The van der Waals surface area contributed by atoms with E-state index in [1.165, 1.54) is 11.1 Å². The Morgan fingerprint density at radius 1 is 1.04 bits per heavy atom. The van der Waals surface area contributed by atoms with Crippen LogP contribution in [0.4, 0.5) is 5.69 Å². The molecule has 5 nitrogen and oxygen atoms in total. The first-order valence-corrected chi connectivity index (χ1v) is 9.17. The molecule has 3 aromatic rings. The first-order chi connectivity index (χ1) is 13.0. The zero-order valence-corrected chi connectivity index (χ0v) is 16.1. The van der Waals surface area contributed by atoms with Crippen LogP contribution in [-0.4, -0.2) is 11.8 Å². The van der Waals surface area contributed by atoms with Crippen molar-refractivity contribution in [3.05, 3.63) is 81.5 Å². The van der Waals surface area contributed by atoms with Gasteiger partial charge in [0.25, 0.3) is 11.8 Å². The molecule has 7 heteroatoms. The molecule has 1 saturated heterocycles. The number of hydrogen-bond donors (Lipinski definition) is 1. The van der Waals surface area contributed by atoms with Crippen LogP contribution in [0.25, 0.3) is 17.4 Å². The summed E-state index contributed by atoms with van der Waals surface area (Å²) in [5.74, 6) is 0.0730. The van der Waals surface area contributed by atoms with Gasteiger partial charge in [-0.1, -0.05) is 35.9 Å². The Hall–Kier alpha value is -2.83. The van der Waals surface area contributed by atoms with E-state index in [4.69, 9.17) is 16.0 Å². The normalized spacial score (nSPS) is 15.5. The topological polar surface area (TPSA) is 62.6 Å². The van der Waals surface area contributed by atoms with Crippen molar-refractivity contribution in [2.45, 2.75) is 0 Å². The number of amides is 2. The number of hydrazine groups is 1. The number of para-hydroxylation sites is 1. The molecule has 0 bridgehead atoms. The van der Waals surface area contributed by atoms with Crippen LogP contribution in [0.3, 0.4) is 0 Å². The molecule has 0 atom stereocenters. The van der Waals surface area contributed by atoms with E-state index in [1.54, 1.807) is 42.5 Å². The zero-order valence-electron chi connectivity index (χ0n) is 13.8. The van der Waals surface area contributed by atoms with Crippen molar-refractivity contribution in [3.8, 4) is 11.3 Å². The molecule has 1 aliphatic heterocycles. The van der Waals surface area contributed by atoms with Gasteiger partial charge in [0.1, 0.15) is 17.1 Å². The SMILES string of the molecule is O=C1NN(c2ccccc2)C(=O)C1=Cc1ccc(-c2ccc(Br)c(Cl)c2)o1. The number of rotatable bonds is 3. The highest BCUT2D eigenvalue weighted by atomic mass is 79.9. The fourth-order valence-corrected chi connectivity index (χ4v) is 3.12. The van der Waals surface area contributed by atoms with Gasteiger partial charge in [0.2, 0.25) is 0 Å². The van der Waals surface area contributed by atoms with E-state index in [0.29, 0.717) is 22.2 Å². The lowest BCUT2D eigenvalue weighted by Crippen LogP contribution is -2.35. The van der Waals surface area contributed by atoms with Gasteiger partial charge in [-0.05, 0) is 58.4 Å². The average molecular weight is 444 g/mol. The molecule has 0 aliphatic carbocycles. The second-order valence-corrected chi connectivity index (χ2v) is 7.07. The standard InChI is InChI=1S/C20H12BrClN2O3/c21-16-8-6-12(10-17(16)22)18-9-7-14(27-18)11-15-19(25)23-24(20(15)26)13-4-2-1-3-5-13/h1-11H,(H,23,25). The van der Waals surface area contributed by atoms with Gasteiger partial charge in [0.15, 0.2) is 0 Å². The van der Waals surface area contributed by atoms with Crippen LogP contribution < -0.4 is 10.4 Å². The van der Waals surface area contributed by atoms with E-state index in [2.05, 4.69) is 21.4 Å². The monoisotopic (exact) mass is 442 g/mol. The summed E-state index contributed by atoms with van der Waals surface area (Å²) >= 11 is 9.46. The van der Waals surface area contributed by atoms with Gasteiger partial charge in [0, 0.05) is 10.0 Å². The van der Waals surface area contributed by atoms with E-state index in [9.17, 15) is 9.59 Å². The van der Waals surface area contributed by atoms with Crippen molar-refractivity contribution in [3.63, 3.8) is 0 Å². The average Bonchev–Trinajstić information content (AvgIpc) is 3.25. The molecule has 134 valence electrons. The lowest BCUT2D eigenvalue weighted by molar-refractivity contribution is -0.117. The molecule has 1 aromatic heterocycles. The molecule has 0 unspecified atom stereocenters. The Morgan fingerprint density at radius 2 is 1.81 bits per heavy atom. The highest BCUT2D eigenvalue weighted by molar-refractivity contribution is 9.10. The Morgan fingerprint density at radius 3 is 2.56 bits per heavy atom. The van der Waals surface area contributed by atoms with Gasteiger partial charge >= 0.3 is 0 Å². The maximum absolute atomic E-state index is 12.6. The fourth-order valence-electron chi connectivity index (χ4n) is 2.69. The number of benzene rings is 2. The number of furan rings is 1. The van der Waals surface area contributed by atoms with Crippen LogP contribution in [0.1, 0.15) is 5.76 Å². The summed E-state index contributed by atoms with van der Waals surface area (Å²) < 4.78 is 6.55. The van der Waals surface area contributed by atoms with Crippen molar-refractivity contribution in [2.24, 2.45) is 0 Å². The number of halogens is 2. The molecular weight excluding hydrogens is 432 g/mol. The molecule has 0 radical (unpaired) electrons. The second kappa shape index (κ2) is 7.06. The van der Waals surface area contributed by atoms with E-state index < -0.39 is 11.8 Å². The number of carbonyl (C=O) groups is 2. The fraction of sp³-hybridized carbons (Fsp3) is 0. The predicted octanol–water partition coefficient (Wildman–Crippen LogP) is 4.82. The van der Waals surface area contributed by atoms with Crippen molar-refractivity contribution >= 4 is 51.1 Å². The number of hydrogen-bond acceptors (Lipinski definition) is 3. The molecule has 4 rings (SSSR count). The van der Waals surface area contributed by atoms with Gasteiger partial charge in [0.05, 0.1) is 10.7 Å². The molecular formula is C20H12BrClN2O3. The number of carbonyl (C=O) groups excluding carboxylic acids is 2. The van der Waals surface area contributed by atoms with Crippen LogP contribution in [0.15, 0.2) is 75.1 Å². The summed E-state index contributed by atoms with van der Waals surface area (Å²) in [4.78, 5) is 24.8. The van der Waals surface area contributed by atoms with Gasteiger partial charge in [-0.25, -0.2) is 5.01 Å². The Balaban J connectivity index is 1.62. The molecule has 2 amide bonds. The highest BCUT2D eigenvalue weighted by Crippen LogP contribution is 2.30. The zero-order chi connectivity index (χ0) is 19.0. The van der Waals surface area contributed by atoms with E-state index >= 15 is 0 Å². The van der Waals surface area contributed by atoms with Gasteiger partial charge in [-0.15, -0.1) is 0 Å². The van der Waals surface area contributed by atoms with Crippen molar-refractivity contribution in [2.75, 3.05) is 5.01 Å². The Bertz CT molecular complexity index is 1080. The predicted molar refractivity (Wildman–Crippen MR) is 107 cm³/mol. The van der Waals surface area contributed by atoms with Crippen molar-refractivity contribution in [1.82, 2.24) is 5.43 Å². The van der Waals surface area contributed by atoms with Crippen LogP contribution in [0, 0.1) is 0 Å². The number of nitrogens with one attached hydrogen (secondary N) is 1. The first-order valence-electron chi connectivity index (χ1n) is 8.00. The Labute approximate surface area is 168 Å². The highest BCUT2D eigenvalue weighted by Gasteiger charge is 2.34. The lowest BCUT2D eigenvalue weighted by atomic mass is 10.2. The molecule has 2 heterocycles. The summed E-state index contributed by atoms with van der Waals surface area (Å²) in [6.07, 6.45) is 1.44. The summed E-state index contributed by atoms with van der Waals surface area (Å²) in [5.41, 5.74) is 3.94. The van der Waals surface area contributed by atoms with Crippen molar-refractivity contribution < 1.29 is 14.0 Å². The van der Waals surface area contributed by atoms with Crippen LogP contribution in [0.5, 0.6) is 0 Å². The second-order valence-electron chi connectivity index (χ2n) is 5.81. The Kier molecular flexibility index (Phi) is 4.59. The van der Waals surface area contributed by atoms with Crippen LogP contribution in [-0.2, 0) is 9.59 Å². The molecule has 2 aromatic carbocycles. The minimum Gasteiger partial charge on any atom is -0.457 e. The van der Waals surface area contributed by atoms with E-state index in [1.807, 2.05) is 18.2 Å². The molecule has 0 saturated carbocycles. The first kappa shape index (κ1) is 17.6. The van der Waals surface area contributed by atoms with E-state index in [-0.39, 0.29) is 5.57 Å².